The van der Waals surface area contributed by atoms with E-state index in [0.717, 1.165) is 0 Å². The van der Waals surface area contributed by atoms with Gasteiger partial charge in [0.1, 0.15) is 12.4 Å². The van der Waals surface area contributed by atoms with Gasteiger partial charge in [-0.05, 0) is 12.8 Å². The van der Waals surface area contributed by atoms with Crippen LogP contribution in [0.4, 0.5) is 0 Å². The van der Waals surface area contributed by atoms with Gasteiger partial charge in [0, 0.05) is 0 Å². The molecule has 0 spiro atoms. The molecule has 1 rings (SSSR count). The fourth-order valence-electron chi connectivity index (χ4n) is 1.53. The van der Waals surface area contributed by atoms with E-state index in [1.54, 1.807) is 0 Å². The molecular weight excluding hydrogens is 240 g/mol. The van der Waals surface area contributed by atoms with Gasteiger partial charge < -0.3 is 17.0 Å². The van der Waals surface area contributed by atoms with Gasteiger partial charge >= 0.3 is 0 Å². The van der Waals surface area contributed by atoms with E-state index in [0.29, 0.717) is 0 Å². The fourth-order valence-corrected chi connectivity index (χ4v) is 1.53. The Morgan fingerprint density at radius 3 is 2.43 bits per heavy atom. The molecule has 3 heteroatoms. The minimum absolute atomic E-state index is 0. The number of aromatic nitrogens is 2. The Labute approximate surface area is 97.7 Å². The summed E-state index contributed by atoms with van der Waals surface area (Å²) in [5.74, 6) is 0. The van der Waals surface area contributed by atoms with Crippen LogP contribution in [0.25, 0.3) is 0 Å². The smallest absolute Gasteiger partial charge is 0.243 e. The summed E-state index contributed by atoms with van der Waals surface area (Å²) < 4.78 is 4.35. The van der Waals surface area contributed by atoms with Crippen LogP contribution >= 0.6 is 0 Å². The largest absolute Gasteiger partial charge is 1.00 e. The van der Waals surface area contributed by atoms with Crippen LogP contribution in [0, 0.1) is 0 Å². The lowest BCUT2D eigenvalue weighted by molar-refractivity contribution is -0.671. The fraction of sp³-hybridized carbons (Fsp3) is 0.727. The molecule has 0 radical (unpaired) electrons. The van der Waals surface area contributed by atoms with Crippen molar-refractivity contribution in [2.45, 2.75) is 45.6 Å². The molecule has 0 aliphatic rings. The quantitative estimate of drug-likeness (QED) is 0.472. The molecule has 1 heterocycles. The maximum Gasteiger partial charge on any atom is 0.243 e. The summed E-state index contributed by atoms with van der Waals surface area (Å²) in [4.78, 5) is 0. The maximum atomic E-state index is 2.26. The Balaban J connectivity index is 0.00000169. The lowest BCUT2D eigenvalue weighted by Gasteiger charge is -1.97. The Bertz CT molecular complexity index is 233. The average Bonchev–Trinajstić information content (AvgIpc) is 2.51. The topological polar surface area (TPSA) is 8.81 Å². The van der Waals surface area contributed by atoms with E-state index in [4.69, 9.17) is 0 Å². The summed E-state index contributed by atoms with van der Waals surface area (Å²) in [5, 5.41) is 0. The molecule has 1 aromatic rings. The Hall–Kier alpha value is -0.310. The van der Waals surface area contributed by atoms with Crippen LogP contribution < -0.4 is 21.5 Å². The third kappa shape index (κ3) is 5.43. The molecule has 0 atom stereocenters. The minimum Gasteiger partial charge on any atom is -1.00 e. The highest BCUT2D eigenvalue weighted by atomic mass is 79.9. The summed E-state index contributed by atoms with van der Waals surface area (Å²) in [7, 11) is 2.06. The van der Waals surface area contributed by atoms with Gasteiger partial charge in [-0.1, -0.05) is 26.2 Å². The molecule has 0 fully saturated rings. The van der Waals surface area contributed by atoms with Crippen LogP contribution in [-0.4, -0.2) is 4.57 Å². The van der Waals surface area contributed by atoms with Crippen molar-refractivity contribution in [2.75, 3.05) is 0 Å². The first-order valence-electron chi connectivity index (χ1n) is 5.34. The number of hydrogen-bond donors (Lipinski definition) is 0. The normalized spacial score (nSPS) is 9.86. The lowest BCUT2D eigenvalue weighted by atomic mass is 10.1. The maximum absolute atomic E-state index is 2.26. The van der Waals surface area contributed by atoms with Gasteiger partial charge in [0.25, 0.3) is 0 Å². The SMILES string of the molecule is CCCCCCCn1cc[n+](C)c1.[Br-]. The Kier molecular flexibility index (Phi) is 7.86. The highest BCUT2D eigenvalue weighted by molar-refractivity contribution is 4.65. The average molecular weight is 261 g/mol. The van der Waals surface area contributed by atoms with Crippen molar-refractivity contribution in [3.63, 3.8) is 0 Å². The zero-order valence-corrected chi connectivity index (χ0v) is 10.8. The number of imidazole rings is 1. The number of halogens is 1. The highest BCUT2D eigenvalue weighted by Gasteiger charge is 1.98. The van der Waals surface area contributed by atoms with Gasteiger partial charge in [-0.3, -0.25) is 0 Å². The van der Waals surface area contributed by atoms with Crippen molar-refractivity contribution in [3.05, 3.63) is 18.7 Å². The molecular formula is C11H21BrN2. The van der Waals surface area contributed by atoms with Gasteiger partial charge in [-0.15, -0.1) is 0 Å². The van der Waals surface area contributed by atoms with Crippen LogP contribution in [0.1, 0.15) is 39.0 Å². The number of hydrogen-bond acceptors (Lipinski definition) is 0. The van der Waals surface area contributed by atoms with E-state index < -0.39 is 0 Å². The van der Waals surface area contributed by atoms with Crippen LogP contribution in [0.2, 0.25) is 0 Å². The molecule has 0 aliphatic heterocycles. The first-order chi connectivity index (χ1) is 6.33. The van der Waals surface area contributed by atoms with E-state index >= 15 is 0 Å². The van der Waals surface area contributed by atoms with Gasteiger partial charge in [0.05, 0.1) is 13.6 Å². The summed E-state index contributed by atoms with van der Waals surface area (Å²) in [6.07, 6.45) is 13.2. The van der Waals surface area contributed by atoms with Crippen LogP contribution in [0.15, 0.2) is 18.7 Å². The second-order valence-electron chi connectivity index (χ2n) is 3.73. The van der Waals surface area contributed by atoms with Crippen LogP contribution in [0.3, 0.4) is 0 Å². The lowest BCUT2D eigenvalue weighted by Crippen LogP contribution is -3.00. The molecule has 0 amide bonds. The molecule has 82 valence electrons. The second kappa shape index (κ2) is 8.04. The molecule has 0 aliphatic carbocycles. The molecule has 0 unspecified atom stereocenters. The predicted octanol–water partition coefficient (Wildman–Crippen LogP) is -0.713. The number of rotatable bonds is 6. The number of unbranched alkanes of at least 4 members (excludes halogenated alkanes) is 4. The Morgan fingerprint density at radius 1 is 1.14 bits per heavy atom. The van der Waals surface area contributed by atoms with Crippen LogP contribution in [-0.2, 0) is 13.6 Å². The first-order valence-corrected chi connectivity index (χ1v) is 5.34. The molecule has 1 aromatic heterocycles. The molecule has 0 aromatic carbocycles. The van der Waals surface area contributed by atoms with E-state index in [2.05, 4.69) is 41.8 Å². The minimum atomic E-state index is 0. The molecule has 0 N–H and O–H groups in total. The second-order valence-corrected chi connectivity index (χ2v) is 3.73. The van der Waals surface area contributed by atoms with E-state index in [1.807, 2.05) is 0 Å². The summed E-state index contributed by atoms with van der Waals surface area (Å²) >= 11 is 0. The standard InChI is InChI=1S/C11H21N2.BrH/c1-3-4-5-6-7-8-13-10-9-12(2)11-13;/h9-11H,3-8H2,1-2H3;1H/q+1;/p-1. The highest BCUT2D eigenvalue weighted by Crippen LogP contribution is 2.03. The van der Waals surface area contributed by atoms with Crippen molar-refractivity contribution >= 4 is 0 Å². The third-order valence-corrected chi connectivity index (χ3v) is 2.34. The summed E-state index contributed by atoms with van der Waals surface area (Å²) in [6.45, 7) is 3.43. The van der Waals surface area contributed by atoms with Gasteiger partial charge in [0.2, 0.25) is 6.33 Å². The van der Waals surface area contributed by atoms with Crippen molar-refractivity contribution in [3.8, 4) is 0 Å². The van der Waals surface area contributed by atoms with E-state index in [-0.39, 0.29) is 17.0 Å². The van der Waals surface area contributed by atoms with Gasteiger partial charge in [-0.25, -0.2) is 9.13 Å². The molecule has 0 bridgehead atoms. The number of nitrogens with zero attached hydrogens (tertiary/aromatic N) is 2. The summed E-state index contributed by atoms with van der Waals surface area (Å²) in [5.41, 5.74) is 0. The van der Waals surface area contributed by atoms with Crippen molar-refractivity contribution < 1.29 is 21.5 Å². The number of aryl methyl sites for hydroxylation is 2. The summed E-state index contributed by atoms with van der Waals surface area (Å²) in [6, 6.07) is 0. The van der Waals surface area contributed by atoms with Crippen LogP contribution in [0.5, 0.6) is 0 Å². The third-order valence-electron chi connectivity index (χ3n) is 2.34. The van der Waals surface area contributed by atoms with E-state index in [1.165, 1.54) is 38.6 Å². The molecule has 14 heavy (non-hydrogen) atoms. The zero-order valence-electron chi connectivity index (χ0n) is 9.25. The van der Waals surface area contributed by atoms with Crippen molar-refractivity contribution in [1.29, 1.82) is 0 Å². The van der Waals surface area contributed by atoms with E-state index in [9.17, 15) is 0 Å². The molecule has 0 saturated carbocycles. The Morgan fingerprint density at radius 2 is 1.86 bits per heavy atom. The predicted molar refractivity (Wildman–Crippen MR) is 54.4 cm³/mol. The first kappa shape index (κ1) is 13.7. The van der Waals surface area contributed by atoms with Gasteiger partial charge in [-0.2, -0.15) is 0 Å². The monoisotopic (exact) mass is 260 g/mol. The van der Waals surface area contributed by atoms with Crippen molar-refractivity contribution in [2.24, 2.45) is 7.05 Å². The van der Waals surface area contributed by atoms with Crippen molar-refractivity contribution in [1.82, 2.24) is 4.57 Å². The molecule has 0 saturated heterocycles. The van der Waals surface area contributed by atoms with Gasteiger partial charge in [0.15, 0.2) is 0 Å². The molecule has 2 nitrogen and oxygen atoms in total. The zero-order chi connectivity index (χ0) is 9.52.